The molecule has 9 heteroatoms. The van der Waals surface area contributed by atoms with Gasteiger partial charge in [0.25, 0.3) is 0 Å². The standard InChI is InChI=1S/C20H21N3O4S2/c1-11(21-19(26)9-24)17-6-7-18(29-17)16(25)10-28-20-14-8-13(27-3)4-5-15(14)22-12(2)23-20/h4-8,11,24H,9-10H2,1-3H3,(H,21,26)/t11-/m0/s1. The molecule has 2 aromatic heterocycles. The zero-order valence-electron chi connectivity index (χ0n) is 16.3. The molecule has 0 saturated carbocycles. The number of ketones is 1. The molecule has 2 heterocycles. The Morgan fingerprint density at radius 1 is 1.28 bits per heavy atom. The van der Waals surface area contributed by atoms with Gasteiger partial charge in [-0.2, -0.15) is 0 Å². The number of carbonyl (C=O) groups excluding carboxylic acids is 2. The van der Waals surface area contributed by atoms with Gasteiger partial charge in [0.15, 0.2) is 5.78 Å². The van der Waals surface area contributed by atoms with Crippen molar-refractivity contribution in [2.75, 3.05) is 19.5 Å². The highest BCUT2D eigenvalue weighted by Gasteiger charge is 2.16. The molecule has 0 fully saturated rings. The first-order chi connectivity index (χ1) is 13.9. The van der Waals surface area contributed by atoms with Gasteiger partial charge in [-0.15, -0.1) is 11.3 Å². The van der Waals surface area contributed by atoms with Crippen LogP contribution in [0.4, 0.5) is 0 Å². The minimum atomic E-state index is -0.560. The van der Waals surface area contributed by atoms with E-state index in [1.165, 1.54) is 23.1 Å². The molecule has 1 amide bonds. The smallest absolute Gasteiger partial charge is 0.246 e. The van der Waals surface area contributed by atoms with Gasteiger partial charge in [0.05, 0.1) is 29.3 Å². The summed E-state index contributed by atoms with van der Waals surface area (Å²) in [6.07, 6.45) is 0. The van der Waals surface area contributed by atoms with E-state index in [2.05, 4.69) is 15.3 Å². The van der Waals surface area contributed by atoms with Crippen LogP contribution in [0.3, 0.4) is 0 Å². The highest BCUT2D eigenvalue weighted by atomic mass is 32.2. The number of ether oxygens (including phenoxy) is 1. The monoisotopic (exact) mass is 431 g/mol. The molecule has 0 aliphatic rings. The molecule has 1 aromatic carbocycles. The summed E-state index contributed by atoms with van der Waals surface area (Å²) in [5.41, 5.74) is 0.806. The van der Waals surface area contributed by atoms with Gasteiger partial charge >= 0.3 is 0 Å². The molecular weight excluding hydrogens is 410 g/mol. The van der Waals surface area contributed by atoms with Gasteiger partial charge < -0.3 is 15.2 Å². The number of benzene rings is 1. The molecule has 0 unspecified atom stereocenters. The van der Waals surface area contributed by atoms with Gasteiger partial charge in [-0.1, -0.05) is 11.8 Å². The molecular formula is C20H21N3O4S2. The number of thiophene rings is 1. The van der Waals surface area contributed by atoms with Crippen LogP contribution in [-0.4, -0.2) is 46.2 Å². The summed E-state index contributed by atoms with van der Waals surface area (Å²) in [7, 11) is 1.60. The molecule has 1 atom stereocenters. The Kier molecular flexibility index (Phi) is 6.83. The second kappa shape index (κ2) is 9.34. The number of hydrogen-bond acceptors (Lipinski definition) is 8. The lowest BCUT2D eigenvalue weighted by Crippen LogP contribution is -2.28. The summed E-state index contributed by atoms with van der Waals surface area (Å²) in [6.45, 7) is 3.07. The van der Waals surface area contributed by atoms with E-state index in [0.717, 1.165) is 20.8 Å². The number of methoxy groups -OCH3 is 1. The number of hydrogen-bond donors (Lipinski definition) is 2. The molecule has 7 nitrogen and oxygen atoms in total. The maximum atomic E-state index is 12.7. The van der Waals surface area contributed by atoms with Crippen LogP contribution in [0.25, 0.3) is 10.9 Å². The molecule has 0 spiro atoms. The zero-order valence-corrected chi connectivity index (χ0v) is 17.9. The second-order valence-electron chi connectivity index (χ2n) is 6.32. The maximum Gasteiger partial charge on any atom is 0.246 e. The number of thioether (sulfide) groups is 1. The largest absolute Gasteiger partial charge is 0.497 e. The predicted molar refractivity (Wildman–Crippen MR) is 114 cm³/mol. The third-order valence-electron chi connectivity index (χ3n) is 4.17. The van der Waals surface area contributed by atoms with Crippen LogP contribution in [-0.2, 0) is 4.79 Å². The normalized spacial score (nSPS) is 12.0. The molecule has 3 aromatic rings. The van der Waals surface area contributed by atoms with Crippen LogP contribution in [0.1, 0.15) is 33.3 Å². The average Bonchev–Trinajstić information content (AvgIpc) is 3.21. The first-order valence-electron chi connectivity index (χ1n) is 8.89. The Morgan fingerprint density at radius 3 is 2.79 bits per heavy atom. The van der Waals surface area contributed by atoms with E-state index in [1.807, 2.05) is 38.1 Å². The van der Waals surface area contributed by atoms with Gasteiger partial charge in [0, 0.05) is 10.3 Å². The summed E-state index contributed by atoms with van der Waals surface area (Å²) >= 11 is 2.70. The molecule has 3 rings (SSSR count). The highest BCUT2D eigenvalue weighted by Crippen LogP contribution is 2.30. The predicted octanol–water partition coefficient (Wildman–Crippen LogP) is 3.15. The highest BCUT2D eigenvalue weighted by molar-refractivity contribution is 8.00. The minimum absolute atomic E-state index is 0.0146. The lowest BCUT2D eigenvalue weighted by atomic mass is 10.2. The quantitative estimate of drug-likeness (QED) is 0.321. The lowest BCUT2D eigenvalue weighted by molar-refractivity contribution is -0.124. The Bertz CT molecular complexity index is 1050. The average molecular weight is 432 g/mol. The van der Waals surface area contributed by atoms with Gasteiger partial charge in [-0.3, -0.25) is 9.59 Å². The first-order valence-corrected chi connectivity index (χ1v) is 10.7. The molecule has 0 saturated heterocycles. The molecule has 0 aliphatic carbocycles. The van der Waals surface area contributed by atoms with E-state index in [-0.39, 0.29) is 17.6 Å². The van der Waals surface area contributed by atoms with Crippen molar-refractivity contribution in [1.29, 1.82) is 0 Å². The van der Waals surface area contributed by atoms with E-state index < -0.39 is 12.5 Å². The molecule has 2 N–H and O–H groups in total. The van der Waals surface area contributed by atoms with Crippen LogP contribution in [0, 0.1) is 6.92 Å². The van der Waals surface area contributed by atoms with Crippen molar-refractivity contribution in [3.05, 3.63) is 45.9 Å². The Morgan fingerprint density at radius 2 is 2.07 bits per heavy atom. The molecule has 0 radical (unpaired) electrons. The number of aryl methyl sites for hydroxylation is 1. The van der Waals surface area contributed by atoms with Crippen molar-refractivity contribution in [1.82, 2.24) is 15.3 Å². The number of rotatable bonds is 8. The lowest BCUT2D eigenvalue weighted by Gasteiger charge is -2.10. The van der Waals surface area contributed by atoms with Crippen molar-refractivity contribution in [3.8, 4) is 5.75 Å². The van der Waals surface area contributed by atoms with E-state index in [4.69, 9.17) is 9.84 Å². The maximum absolute atomic E-state index is 12.7. The van der Waals surface area contributed by atoms with Gasteiger partial charge in [0.2, 0.25) is 5.91 Å². The number of amides is 1. The number of aromatic nitrogens is 2. The van der Waals surface area contributed by atoms with Crippen molar-refractivity contribution in [2.24, 2.45) is 0 Å². The molecule has 0 bridgehead atoms. The summed E-state index contributed by atoms with van der Waals surface area (Å²) in [6, 6.07) is 8.91. The fourth-order valence-corrected chi connectivity index (χ4v) is 4.70. The third kappa shape index (κ3) is 5.11. The summed E-state index contributed by atoms with van der Waals surface area (Å²) < 4.78 is 5.29. The van der Waals surface area contributed by atoms with Gasteiger partial charge in [0.1, 0.15) is 23.2 Å². The number of fused-ring (bicyclic) bond motifs is 1. The van der Waals surface area contributed by atoms with E-state index >= 15 is 0 Å². The first kappa shape index (κ1) is 21.2. The summed E-state index contributed by atoms with van der Waals surface area (Å²) in [5, 5.41) is 13.1. The molecule has 152 valence electrons. The number of aliphatic hydroxyl groups is 1. The van der Waals surface area contributed by atoms with Crippen LogP contribution < -0.4 is 10.1 Å². The molecule has 29 heavy (non-hydrogen) atoms. The summed E-state index contributed by atoms with van der Waals surface area (Å²) in [4.78, 5) is 34.4. The topological polar surface area (TPSA) is 101 Å². The minimum Gasteiger partial charge on any atom is -0.497 e. The van der Waals surface area contributed by atoms with Crippen molar-refractivity contribution >= 4 is 45.7 Å². The van der Waals surface area contributed by atoms with Crippen LogP contribution >= 0.6 is 23.1 Å². The Labute approximate surface area is 176 Å². The van der Waals surface area contributed by atoms with Crippen molar-refractivity contribution in [3.63, 3.8) is 0 Å². The molecule has 0 aliphatic heterocycles. The van der Waals surface area contributed by atoms with Gasteiger partial charge in [-0.25, -0.2) is 9.97 Å². The van der Waals surface area contributed by atoms with Crippen LogP contribution in [0.15, 0.2) is 35.4 Å². The second-order valence-corrected chi connectivity index (χ2v) is 8.40. The number of nitrogens with zero attached hydrogens (tertiary/aromatic N) is 2. The number of nitrogens with one attached hydrogen (secondary N) is 1. The fourth-order valence-electron chi connectivity index (χ4n) is 2.73. The number of Topliss-reactive ketones (excluding diaryl/α,β-unsaturated/α-hetero) is 1. The SMILES string of the molecule is COc1ccc2nc(C)nc(SCC(=O)c3ccc([C@H](C)NC(=O)CO)s3)c2c1. The Balaban J connectivity index is 1.73. The van der Waals surface area contributed by atoms with E-state index in [0.29, 0.717) is 16.5 Å². The van der Waals surface area contributed by atoms with Crippen LogP contribution in [0.5, 0.6) is 5.75 Å². The van der Waals surface area contributed by atoms with Crippen molar-refractivity contribution in [2.45, 2.75) is 24.9 Å². The van der Waals surface area contributed by atoms with E-state index in [9.17, 15) is 9.59 Å². The summed E-state index contributed by atoms with van der Waals surface area (Å²) in [5.74, 6) is 1.12. The Hall–Kier alpha value is -2.49. The zero-order chi connectivity index (χ0) is 21.0. The van der Waals surface area contributed by atoms with Gasteiger partial charge in [-0.05, 0) is 44.2 Å². The van der Waals surface area contributed by atoms with E-state index in [1.54, 1.807) is 13.2 Å². The van der Waals surface area contributed by atoms with Crippen LogP contribution in [0.2, 0.25) is 0 Å². The van der Waals surface area contributed by atoms with Crippen molar-refractivity contribution < 1.29 is 19.4 Å². The number of carbonyl (C=O) groups is 2. The third-order valence-corrected chi connectivity index (χ3v) is 6.47. The number of aliphatic hydroxyl groups excluding tert-OH is 1. The fraction of sp³-hybridized carbons (Fsp3) is 0.300.